The molecular weight excluding hydrogens is 276 g/mol. The average Bonchev–Trinajstić information content (AvgIpc) is 2.62. The lowest BCUT2D eigenvalue weighted by atomic mass is 9.84. The molecule has 2 nitrogen and oxygen atoms in total. The molecule has 1 N–H and O–H groups in total. The molecule has 0 unspecified atom stereocenters. The molecule has 4 heteroatoms. The van der Waals surface area contributed by atoms with Gasteiger partial charge in [0.15, 0.2) is 0 Å². The maximum atomic E-state index is 11.1. The standard InChI is InChI=1S/C11H13BrO2S/c12-9-6-8(10(15-9)11(13)14)7-4-2-1-3-5-7/h6-7H,1-5H2,(H,13,14). The van der Waals surface area contributed by atoms with Gasteiger partial charge in [-0.15, -0.1) is 11.3 Å². The molecule has 0 amide bonds. The van der Waals surface area contributed by atoms with Gasteiger partial charge < -0.3 is 5.11 Å². The molecule has 82 valence electrons. The Morgan fingerprint density at radius 1 is 1.40 bits per heavy atom. The third kappa shape index (κ3) is 2.42. The number of carboxylic acids is 1. The molecule has 1 aliphatic rings. The molecule has 15 heavy (non-hydrogen) atoms. The van der Waals surface area contributed by atoms with E-state index in [0.29, 0.717) is 10.8 Å². The van der Waals surface area contributed by atoms with Crippen molar-refractivity contribution in [1.29, 1.82) is 0 Å². The zero-order valence-electron chi connectivity index (χ0n) is 8.33. The number of rotatable bonds is 2. The molecule has 1 aromatic heterocycles. The van der Waals surface area contributed by atoms with Gasteiger partial charge in [0.25, 0.3) is 0 Å². The second kappa shape index (κ2) is 4.66. The van der Waals surface area contributed by atoms with Gasteiger partial charge in [0, 0.05) is 0 Å². The van der Waals surface area contributed by atoms with Gasteiger partial charge in [-0.25, -0.2) is 4.79 Å². The van der Waals surface area contributed by atoms with Crippen molar-refractivity contribution in [3.8, 4) is 0 Å². The highest BCUT2D eigenvalue weighted by atomic mass is 79.9. The molecule has 1 fully saturated rings. The fraction of sp³-hybridized carbons (Fsp3) is 0.545. The summed E-state index contributed by atoms with van der Waals surface area (Å²) in [6.07, 6.45) is 6.05. The van der Waals surface area contributed by atoms with Crippen molar-refractivity contribution in [2.24, 2.45) is 0 Å². The van der Waals surface area contributed by atoms with E-state index in [-0.39, 0.29) is 0 Å². The van der Waals surface area contributed by atoms with E-state index < -0.39 is 5.97 Å². The predicted octanol–water partition coefficient (Wildman–Crippen LogP) is 4.26. The van der Waals surface area contributed by atoms with Crippen LogP contribution in [0.3, 0.4) is 0 Å². The molecule has 1 aromatic rings. The first-order valence-corrected chi connectivity index (χ1v) is 6.82. The predicted molar refractivity (Wildman–Crippen MR) is 64.8 cm³/mol. The first-order chi connectivity index (χ1) is 7.18. The Balaban J connectivity index is 2.28. The van der Waals surface area contributed by atoms with Crippen LogP contribution in [0, 0.1) is 0 Å². The molecule has 1 heterocycles. The third-order valence-electron chi connectivity index (χ3n) is 2.97. The van der Waals surface area contributed by atoms with Crippen LogP contribution in [0.5, 0.6) is 0 Å². The average molecular weight is 289 g/mol. The van der Waals surface area contributed by atoms with Crippen molar-refractivity contribution < 1.29 is 9.90 Å². The molecule has 1 saturated carbocycles. The summed E-state index contributed by atoms with van der Waals surface area (Å²) in [7, 11) is 0. The molecule has 2 rings (SSSR count). The summed E-state index contributed by atoms with van der Waals surface area (Å²) >= 11 is 4.71. The lowest BCUT2D eigenvalue weighted by Gasteiger charge is -2.21. The normalized spacial score (nSPS) is 17.9. The van der Waals surface area contributed by atoms with E-state index in [9.17, 15) is 4.79 Å². The van der Waals surface area contributed by atoms with E-state index >= 15 is 0 Å². The number of hydrogen-bond donors (Lipinski definition) is 1. The Morgan fingerprint density at radius 2 is 2.07 bits per heavy atom. The number of thiophene rings is 1. The van der Waals surface area contributed by atoms with Gasteiger partial charge in [-0.05, 0) is 46.3 Å². The maximum Gasteiger partial charge on any atom is 0.346 e. The van der Waals surface area contributed by atoms with Crippen LogP contribution in [0.2, 0.25) is 0 Å². The lowest BCUT2D eigenvalue weighted by Crippen LogP contribution is -2.07. The first kappa shape index (κ1) is 11.1. The van der Waals surface area contributed by atoms with Gasteiger partial charge in [-0.3, -0.25) is 0 Å². The minimum absolute atomic E-state index is 0.465. The van der Waals surface area contributed by atoms with E-state index in [1.165, 1.54) is 30.6 Å². The van der Waals surface area contributed by atoms with Crippen molar-refractivity contribution in [2.45, 2.75) is 38.0 Å². The monoisotopic (exact) mass is 288 g/mol. The minimum Gasteiger partial charge on any atom is -0.477 e. The molecule has 0 aromatic carbocycles. The highest BCUT2D eigenvalue weighted by Gasteiger charge is 2.23. The van der Waals surface area contributed by atoms with Crippen molar-refractivity contribution in [1.82, 2.24) is 0 Å². The fourth-order valence-corrected chi connectivity index (χ4v) is 3.80. The van der Waals surface area contributed by atoms with Crippen LogP contribution in [-0.4, -0.2) is 11.1 Å². The highest BCUT2D eigenvalue weighted by molar-refractivity contribution is 9.11. The van der Waals surface area contributed by atoms with Crippen LogP contribution in [0.4, 0.5) is 0 Å². The molecule has 0 bridgehead atoms. The van der Waals surface area contributed by atoms with Gasteiger partial charge in [0.1, 0.15) is 4.88 Å². The number of carbonyl (C=O) groups is 1. The number of halogens is 1. The van der Waals surface area contributed by atoms with Gasteiger partial charge in [-0.2, -0.15) is 0 Å². The van der Waals surface area contributed by atoms with Crippen LogP contribution < -0.4 is 0 Å². The zero-order chi connectivity index (χ0) is 10.8. The fourth-order valence-electron chi connectivity index (χ4n) is 2.26. The summed E-state index contributed by atoms with van der Waals surface area (Å²) < 4.78 is 0.931. The SMILES string of the molecule is O=C(O)c1sc(Br)cc1C1CCCCC1. The van der Waals surface area contributed by atoms with E-state index in [1.807, 2.05) is 6.07 Å². The molecule has 1 aliphatic carbocycles. The van der Waals surface area contributed by atoms with Crippen LogP contribution in [0.15, 0.2) is 9.85 Å². The van der Waals surface area contributed by atoms with E-state index in [4.69, 9.17) is 5.11 Å². The smallest absolute Gasteiger partial charge is 0.346 e. The summed E-state index contributed by atoms with van der Waals surface area (Å²) in [6, 6.07) is 1.99. The molecule has 0 atom stereocenters. The molecule has 0 aliphatic heterocycles. The molecular formula is C11H13BrO2S. The topological polar surface area (TPSA) is 37.3 Å². The second-order valence-corrected chi connectivity index (χ2v) is 6.41. The van der Waals surface area contributed by atoms with Gasteiger partial charge >= 0.3 is 5.97 Å². The van der Waals surface area contributed by atoms with Crippen molar-refractivity contribution >= 4 is 33.2 Å². The van der Waals surface area contributed by atoms with E-state index in [0.717, 1.165) is 22.2 Å². The summed E-state index contributed by atoms with van der Waals surface area (Å²) in [6.45, 7) is 0. The Morgan fingerprint density at radius 3 is 2.67 bits per heavy atom. The molecule has 0 saturated heterocycles. The zero-order valence-corrected chi connectivity index (χ0v) is 10.7. The second-order valence-electron chi connectivity index (χ2n) is 3.98. The number of aromatic carboxylic acids is 1. The minimum atomic E-state index is -0.786. The van der Waals surface area contributed by atoms with Crippen LogP contribution in [0.1, 0.15) is 53.3 Å². The summed E-state index contributed by atoms with van der Waals surface area (Å²) in [5.74, 6) is -0.321. The molecule has 0 radical (unpaired) electrons. The summed E-state index contributed by atoms with van der Waals surface area (Å²) in [4.78, 5) is 11.6. The third-order valence-corrected chi connectivity index (χ3v) is 4.61. The Labute approximate surface area is 101 Å². The van der Waals surface area contributed by atoms with E-state index in [2.05, 4.69) is 15.9 Å². The summed E-state index contributed by atoms with van der Waals surface area (Å²) in [5, 5.41) is 9.10. The maximum absolute atomic E-state index is 11.1. The Hall–Kier alpha value is -0.350. The Kier molecular flexibility index (Phi) is 3.46. The van der Waals surface area contributed by atoms with Crippen molar-refractivity contribution in [3.05, 3.63) is 20.3 Å². The van der Waals surface area contributed by atoms with Crippen LogP contribution >= 0.6 is 27.3 Å². The van der Waals surface area contributed by atoms with Crippen LogP contribution in [-0.2, 0) is 0 Å². The molecule has 0 spiro atoms. The first-order valence-electron chi connectivity index (χ1n) is 5.21. The van der Waals surface area contributed by atoms with Gasteiger partial charge in [-0.1, -0.05) is 19.3 Å². The van der Waals surface area contributed by atoms with Crippen LogP contribution in [0.25, 0.3) is 0 Å². The van der Waals surface area contributed by atoms with Gasteiger partial charge in [0.05, 0.1) is 3.79 Å². The Bertz CT molecular complexity index is 367. The highest BCUT2D eigenvalue weighted by Crippen LogP contribution is 2.39. The largest absolute Gasteiger partial charge is 0.477 e. The number of hydrogen-bond acceptors (Lipinski definition) is 2. The summed E-state index contributed by atoms with van der Waals surface area (Å²) in [5.41, 5.74) is 1.04. The number of carboxylic acid groups (broad SMARTS) is 1. The van der Waals surface area contributed by atoms with Gasteiger partial charge in [0.2, 0.25) is 0 Å². The van der Waals surface area contributed by atoms with E-state index in [1.54, 1.807) is 0 Å². The van der Waals surface area contributed by atoms with Crippen molar-refractivity contribution in [3.63, 3.8) is 0 Å². The quantitative estimate of drug-likeness (QED) is 0.883. The lowest BCUT2D eigenvalue weighted by molar-refractivity contribution is 0.0700. The van der Waals surface area contributed by atoms with Crippen molar-refractivity contribution in [2.75, 3.05) is 0 Å².